The summed E-state index contributed by atoms with van der Waals surface area (Å²) in [7, 11) is 16.8. The number of halogens is 3. The Kier molecular flexibility index (Phi) is 7.12. The standard InChI is InChI=1S/C4H10NO.3ClH.Sn/c1-3-5-4-6-2;;;;/h5H,2-4H2,1H3;3*1H;/q;;;;+3/p-3. The van der Waals surface area contributed by atoms with Crippen LogP contribution in [0, 0.1) is 0 Å². The molecule has 0 spiro atoms. The second-order valence-corrected chi connectivity index (χ2v) is 22.9. The van der Waals surface area contributed by atoms with Crippen molar-refractivity contribution in [3.63, 3.8) is 0 Å². The second-order valence-electron chi connectivity index (χ2n) is 1.71. The molecular formula is C4H10Cl3NOSn. The van der Waals surface area contributed by atoms with Gasteiger partial charge in [0.25, 0.3) is 0 Å². The van der Waals surface area contributed by atoms with Crippen LogP contribution in [-0.4, -0.2) is 32.9 Å². The summed E-state index contributed by atoms with van der Waals surface area (Å²) in [6.45, 7) is 3.33. The topological polar surface area (TPSA) is 21.3 Å². The zero-order chi connectivity index (χ0) is 8.04. The number of ether oxygens (including phenoxy) is 1. The molecule has 0 aromatic carbocycles. The van der Waals surface area contributed by atoms with Gasteiger partial charge < -0.3 is 0 Å². The minimum atomic E-state index is -3.20. The molecule has 0 rings (SSSR count). The van der Waals surface area contributed by atoms with E-state index in [4.69, 9.17) is 31.5 Å². The monoisotopic (exact) mass is 313 g/mol. The third-order valence-corrected chi connectivity index (χ3v) is 4.43. The molecule has 0 aromatic heterocycles. The molecular weight excluding hydrogens is 303 g/mol. The van der Waals surface area contributed by atoms with Gasteiger partial charge in [-0.3, -0.25) is 0 Å². The average molecular weight is 313 g/mol. The number of rotatable bonds is 5. The minimum absolute atomic E-state index is 0.326. The molecule has 0 fully saturated rings. The van der Waals surface area contributed by atoms with Gasteiger partial charge in [0.15, 0.2) is 0 Å². The van der Waals surface area contributed by atoms with E-state index in [-0.39, 0.29) is 0 Å². The van der Waals surface area contributed by atoms with Crippen molar-refractivity contribution in [3.05, 3.63) is 0 Å². The van der Waals surface area contributed by atoms with Crippen molar-refractivity contribution in [2.75, 3.05) is 17.9 Å². The fraction of sp³-hybridized carbons (Fsp3) is 1.00. The Labute approximate surface area is 76.2 Å². The zero-order valence-electron chi connectivity index (χ0n) is 5.66. The predicted molar refractivity (Wildman–Crippen MR) is 47.8 cm³/mol. The van der Waals surface area contributed by atoms with E-state index in [2.05, 4.69) is 5.32 Å². The van der Waals surface area contributed by atoms with Gasteiger partial charge >= 0.3 is 76.6 Å². The van der Waals surface area contributed by atoms with Crippen LogP contribution in [0.15, 0.2) is 0 Å². The van der Waals surface area contributed by atoms with Gasteiger partial charge in [-0.1, -0.05) is 0 Å². The first-order valence-electron chi connectivity index (χ1n) is 2.91. The van der Waals surface area contributed by atoms with Gasteiger partial charge in [0.2, 0.25) is 0 Å². The van der Waals surface area contributed by atoms with E-state index >= 15 is 0 Å². The zero-order valence-corrected chi connectivity index (χ0v) is 10.8. The van der Waals surface area contributed by atoms with Crippen molar-refractivity contribution in [1.29, 1.82) is 0 Å². The number of nitrogens with one attached hydrogen (secondary N) is 1. The molecule has 0 saturated carbocycles. The summed E-state index contributed by atoms with van der Waals surface area (Å²) in [6.07, 6.45) is 0. The van der Waals surface area contributed by atoms with E-state index < -0.39 is 15.0 Å². The van der Waals surface area contributed by atoms with Crippen molar-refractivity contribution in [2.24, 2.45) is 0 Å². The first-order valence-corrected chi connectivity index (χ1v) is 15.8. The average Bonchev–Trinajstić information content (AvgIpc) is 1.78. The van der Waals surface area contributed by atoms with E-state index in [9.17, 15) is 0 Å². The van der Waals surface area contributed by atoms with Crippen LogP contribution in [0.5, 0.6) is 0 Å². The third-order valence-electron chi connectivity index (χ3n) is 0.720. The molecule has 0 bridgehead atoms. The van der Waals surface area contributed by atoms with Gasteiger partial charge in [0, 0.05) is 0 Å². The maximum absolute atomic E-state index is 5.60. The molecule has 0 amide bonds. The Balaban J connectivity index is 3.04. The molecule has 62 valence electrons. The third kappa shape index (κ3) is 9.59. The molecule has 0 radical (unpaired) electrons. The molecule has 0 aromatic rings. The molecule has 0 aliphatic heterocycles. The summed E-state index contributed by atoms with van der Waals surface area (Å²) >= 11 is -3.20. The molecule has 0 aliphatic rings. The Hall–Kier alpha value is 1.59. The van der Waals surface area contributed by atoms with Crippen molar-refractivity contribution in [3.8, 4) is 0 Å². The summed E-state index contributed by atoms with van der Waals surface area (Å²) in [6, 6.07) is 0. The Bertz CT molecular complexity index is 87.1. The normalized spacial score (nSPS) is 12.0. The molecule has 0 saturated heterocycles. The second kappa shape index (κ2) is 6.14. The quantitative estimate of drug-likeness (QED) is 0.474. The summed E-state index contributed by atoms with van der Waals surface area (Å²) in [5.41, 5.74) is 0. The van der Waals surface area contributed by atoms with Gasteiger partial charge in [-0.2, -0.15) is 0 Å². The summed E-state index contributed by atoms with van der Waals surface area (Å²) < 4.78 is 5.35. The van der Waals surface area contributed by atoms with Crippen LogP contribution >= 0.6 is 26.8 Å². The number of hydrogen-bond donors (Lipinski definition) is 1. The van der Waals surface area contributed by atoms with Crippen molar-refractivity contribution in [2.45, 2.75) is 6.92 Å². The molecule has 6 heteroatoms. The molecule has 0 heterocycles. The first kappa shape index (κ1) is 11.6. The van der Waals surface area contributed by atoms with Crippen molar-refractivity contribution < 1.29 is 4.74 Å². The first-order chi connectivity index (χ1) is 4.56. The van der Waals surface area contributed by atoms with E-state index in [0.29, 0.717) is 11.4 Å². The van der Waals surface area contributed by atoms with E-state index in [1.165, 1.54) is 0 Å². The SMILES string of the molecule is CCNCO[CH2][Sn]([Cl])([Cl])[Cl]. The molecule has 0 atom stereocenters. The molecule has 10 heavy (non-hydrogen) atoms. The fourth-order valence-corrected chi connectivity index (χ4v) is 2.85. The summed E-state index contributed by atoms with van der Waals surface area (Å²) in [5, 5.41) is 2.96. The predicted octanol–water partition coefficient (Wildman–Crippen LogP) is 1.76. The Morgan fingerprint density at radius 1 is 1.40 bits per heavy atom. The van der Waals surface area contributed by atoms with Crippen molar-refractivity contribution >= 4 is 41.8 Å². The maximum atomic E-state index is 5.60. The van der Waals surface area contributed by atoms with Crippen molar-refractivity contribution in [1.82, 2.24) is 5.32 Å². The van der Waals surface area contributed by atoms with Crippen LogP contribution in [0.3, 0.4) is 0 Å². The van der Waals surface area contributed by atoms with Crippen LogP contribution in [-0.2, 0) is 4.74 Å². The van der Waals surface area contributed by atoms with E-state index in [1.54, 1.807) is 0 Å². The van der Waals surface area contributed by atoms with Crippen LogP contribution < -0.4 is 5.32 Å². The molecule has 0 unspecified atom stereocenters. The van der Waals surface area contributed by atoms with Crippen LogP contribution in [0.2, 0.25) is 0 Å². The molecule has 2 nitrogen and oxygen atoms in total. The van der Waals surface area contributed by atoms with Gasteiger partial charge in [0.1, 0.15) is 0 Å². The van der Waals surface area contributed by atoms with Crippen LogP contribution in [0.25, 0.3) is 0 Å². The van der Waals surface area contributed by atoms with E-state index in [1.807, 2.05) is 6.92 Å². The Morgan fingerprint density at radius 3 is 2.40 bits per heavy atom. The van der Waals surface area contributed by atoms with Gasteiger partial charge in [0.05, 0.1) is 0 Å². The Morgan fingerprint density at radius 2 is 2.00 bits per heavy atom. The van der Waals surface area contributed by atoms with Crippen LogP contribution in [0.4, 0.5) is 0 Å². The van der Waals surface area contributed by atoms with Gasteiger partial charge in [-0.25, -0.2) is 0 Å². The van der Waals surface area contributed by atoms with E-state index in [0.717, 1.165) is 6.54 Å². The fourth-order valence-electron chi connectivity index (χ4n) is 0.341. The molecule has 1 N–H and O–H groups in total. The van der Waals surface area contributed by atoms with Gasteiger partial charge in [-0.15, -0.1) is 0 Å². The molecule has 0 aliphatic carbocycles. The van der Waals surface area contributed by atoms with Gasteiger partial charge in [-0.05, 0) is 0 Å². The summed E-state index contributed by atoms with van der Waals surface area (Å²) in [5.74, 6) is 0. The van der Waals surface area contributed by atoms with Crippen LogP contribution in [0.1, 0.15) is 6.92 Å². The number of hydrogen-bond acceptors (Lipinski definition) is 2. The summed E-state index contributed by atoms with van der Waals surface area (Å²) in [4.78, 5) is 0.